The summed E-state index contributed by atoms with van der Waals surface area (Å²) in [5.41, 5.74) is 2.71. The van der Waals surface area contributed by atoms with E-state index in [1.54, 1.807) is 0 Å². The van der Waals surface area contributed by atoms with E-state index in [2.05, 4.69) is 49.4 Å². The van der Waals surface area contributed by atoms with Gasteiger partial charge in [-0.2, -0.15) is 0 Å². The molecule has 1 aliphatic heterocycles. The van der Waals surface area contributed by atoms with E-state index in [1.807, 2.05) is 0 Å². The third-order valence-corrected chi connectivity index (χ3v) is 3.42. The lowest BCUT2D eigenvalue weighted by Gasteiger charge is -2.17. The van der Waals surface area contributed by atoms with Crippen LogP contribution in [0.15, 0.2) is 18.2 Å². The molecule has 3 nitrogen and oxygen atoms in total. The summed E-state index contributed by atoms with van der Waals surface area (Å²) in [5, 5.41) is 3.58. The lowest BCUT2D eigenvalue weighted by atomic mass is 10.1. The normalized spacial score (nSPS) is 15.6. The van der Waals surface area contributed by atoms with Crippen molar-refractivity contribution in [3.63, 3.8) is 0 Å². The number of hydrogen-bond donors (Lipinski definition) is 1. The standard InChI is InChI=1S/C15H24N2O/c1-12(6-8-17(2)3)16-11-13-4-5-15-14(10-13)7-9-18-15/h4-5,10,12,16H,6-9,11H2,1-3H3. The Morgan fingerprint density at radius 1 is 1.39 bits per heavy atom. The predicted octanol–water partition coefficient (Wildman–Crippen LogP) is 2.05. The van der Waals surface area contributed by atoms with Crippen molar-refractivity contribution in [3.8, 4) is 5.75 Å². The van der Waals surface area contributed by atoms with Gasteiger partial charge in [0.15, 0.2) is 0 Å². The highest BCUT2D eigenvalue weighted by Gasteiger charge is 2.12. The van der Waals surface area contributed by atoms with Crippen LogP contribution in [0.4, 0.5) is 0 Å². The molecule has 1 aromatic rings. The van der Waals surface area contributed by atoms with Crippen molar-refractivity contribution in [2.24, 2.45) is 0 Å². The van der Waals surface area contributed by atoms with E-state index in [4.69, 9.17) is 4.74 Å². The van der Waals surface area contributed by atoms with Crippen LogP contribution in [0.25, 0.3) is 0 Å². The zero-order valence-electron chi connectivity index (χ0n) is 11.7. The van der Waals surface area contributed by atoms with E-state index >= 15 is 0 Å². The highest BCUT2D eigenvalue weighted by Crippen LogP contribution is 2.25. The molecule has 100 valence electrons. The van der Waals surface area contributed by atoms with Crippen molar-refractivity contribution >= 4 is 0 Å². The average molecular weight is 248 g/mol. The van der Waals surface area contributed by atoms with Gasteiger partial charge in [-0.25, -0.2) is 0 Å². The van der Waals surface area contributed by atoms with Gasteiger partial charge in [-0.15, -0.1) is 0 Å². The fourth-order valence-corrected chi connectivity index (χ4v) is 2.20. The summed E-state index contributed by atoms with van der Waals surface area (Å²) >= 11 is 0. The first kappa shape index (κ1) is 13.4. The number of rotatable bonds is 6. The van der Waals surface area contributed by atoms with Gasteiger partial charge in [-0.05, 0) is 51.2 Å². The molecular weight excluding hydrogens is 224 g/mol. The van der Waals surface area contributed by atoms with Crippen LogP contribution >= 0.6 is 0 Å². The van der Waals surface area contributed by atoms with Gasteiger partial charge in [0.1, 0.15) is 5.75 Å². The molecule has 1 unspecified atom stereocenters. The molecule has 3 heteroatoms. The maximum atomic E-state index is 5.52. The molecule has 0 amide bonds. The molecule has 0 aliphatic carbocycles. The maximum absolute atomic E-state index is 5.52. The van der Waals surface area contributed by atoms with Crippen LogP contribution in [-0.2, 0) is 13.0 Å². The van der Waals surface area contributed by atoms with Crippen LogP contribution in [0, 0.1) is 0 Å². The number of nitrogens with zero attached hydrogens (tertiary/aromatic N) is 1. The zero-order chi connectivity index (χ0) is 13.0. The molecule has 1 aliphatic rings. The molecular formula is C15H24N2O. The summed E-state index contributed by atoms with van der Waals surface area (Å²) in [5.74, 6) is 1.07. The van der Waals surface area contributed by atoms with E-state index in [9.17, 15) is 0 Å². The van der Waals surface area contributed by atoms with Crippen LogP contribution in [0.5, 0.6) is 5.75 Å². The van der Waals surface area contributed by atoms with Crippen LogP contribution in [0.3, 0.4) is 0 Å². The van der Waals surface area contributed by atoms with Gasteiger partial charge >= 0.3 is 0 Å². The Bertz CT molecular complexity index is 390. The third-order valence-electron chi connectivity index (χ3n) is 3.42. The topological polar surface area (TPSA) is 24.5 Å². The lowest BCUT2D eigenvalue weighted by Crippen LogP contribution is -2.29. The van der Waals surface area contributed by atoms with Gasteiger partial charge < -0.3 is 15.0 Å². The second-order valence-corrected chi connectivity index (χ2v) is 5.41. The van der Waals surface area contributed by atoms with E-state index in [1.165, 1.54) is 17.5 Å². The lowest BCUT2D eigenvalue weighted by molar-refractivity contribution is 0.356. The smallest absolute Gasteiger partial charge is 0.122 e. The Balaban J connectivity index is 1.79. The summed E-state index contributed by atoms with van der Waals surface area (Å²) in [7, 11) is 4.24. The minimum absolute atomic E-state index is 0.553. The second kappa shape index (κ2) is 6.21. The molecule has 2 rings (SSSR count). The van der Waals surface area contributed by atoms with E-state index < -0.39 is 0 Å². The van der Waals surface area contributed by atoms with Crippen LogP contribution in [0.2, 0.25) is 0 Å². The number of nitrogens with one attached hydrogen (secondary N) is 1. The van der Waals surface area contributed by atoms with Gasteiger partial charge in [0, 0.05) is 19.0 Å². The van der Waals surface area contributed by atoms with Crippen molar-refractivity contribution in [2.45, 2.75) is 32.4 Å². The van der Waals surface area contributed by atoms with Gasteiger partial charge in [-0.1, -0.05) is 12.1 Å². The SMILES string of the molecule is CC(CCN(C)C)NCc1ccc2c(c1)CCO2. The van der Waals surface area contributed by atoms with Crippen molar-refractivity contribution in [1.82, 2.24) is 10.2 Å². The summed E-state index contributed by atoms with van der Waals surface area (Å²) in [4.78, 5) is 2.23. The van der Waals surface area contributed by atoms with E-state index in [-0.39, 0.29) is 0 Å². The minimum Gasteiger partial charge on any atom is -0.493 e. The molecule has 0 aromatic heterocycles. The van der Waals surface area contributed by atoms with Crippen LogP contribution in [0.1, 0.15) is 24.5 Å². The first-order valence-corrected chi connectivity index (χ1v) is 6.78. The number of benzene rings is 1. The van der Waals surface area contributed by atoms with Crippen LogP contribution < -0.4 is 10.1 Å². The first-order valence-electron chi connectivity index (χ1n) is 6.78. The van der Waals surface area contributed by atoms with Gasteiger partial charge in [-0.3, -0.25) is 0 Å². The van der Waals surface area contributed by atoms with Gasteiger partial charge in [0.2, 0.25) is 0 Å². The van der Waals surface area contributed by atoms with Crippen molar-refractivity contribution in [3.05, 3.63) is 29.3 Å². The average Bonchev–Trinajstić information content (AvgIpc) is 2.81. The predicted molar refractivity (Wildman–Crippen MR) is 75.1 cm³/mol. The summed E-state index contributed by atoms with van der Waals surface area (Å²) < 4.78 is 5.52. The highest BCUT2D eigenvalue weighted by atomic mass is 16.5. The third kappa shape index (κ3) is 3.72. The Kier molecular flexibility index (Phi) is 4.61. The Morgan fingerprint density at radius 3 is 3.00 bits per heavy atom. The molecule has 1 N–H and O–H groups in total. The van der Waals surface area contributed by atoms with E-state index in [0.717, 1.165) is 31.9 Å². The summed E-state index contributed by atoms with van der Waals surface area (Å²) in [6.07, 6.45) is 2.24. The van der Waals surface area contributed by atoms with Crippen molar-refractivity contribution in [2.75, 3.05) is 27.2 Å². The maximum Gasteiger partial charge on any atom is 0.122 e. The number of ether oxygens (including phenoxy) is 1. The molecule has 0 bridgehead atoms. The molecule has 0 fully saturated rings. The molecule has 1 aromatic carbocycles. The Hall–Kier alpha value is -1.06. The van der Waals surface area contributed by atoms with Gasteiger partial charge in [0.05, 0.1) is 6.61 Å². The highest BCUT2D eigenvalue weighted by molar-refractivity contribution is 5.39. The molecule has 0 saturated carbocycles. The fourth-order valence-electron chi connectivity index (χ4n) is 2.20. The molecule has 18 heavy (non-hydrogen) atoms. The molecule has 1 atom stereocenters. The number of fused-ring (bicyclic) bond motifs is 1. The Morgan fingerprint density at radius 2 is 2.22 bits per heavy atom. The van der Waals surface area contributed by atoms with Crippen molar-refractivity contribution in [1.29, 1.82) is 0 Å². The zero-order valence-corrected chi connectivity index (χ0v) is 11.7. The van der Waals surface area contributed by atoms with Crippen LogP contribution in [-0.4, -0.2) is 38.2 Å². The van der Waals surface area contributed by atoms with E-state index in [0.29, 0.717) is 6.04 Å². The monoisotopic (exact) mass is 248 g/mol. The second-order valence-electron chi connectivity index (χ2n) is 5.41. The first-order chi connectivity index (χ1) is 8.65. The minimum atomic E-state index is 0.553. The molecule has 0 radical (unpaired) electrons. The van der Waals surface area contributed by atoms with Crippen molar-refractivity contribution < 1.29 is 4.74 Å². The molecule has 0 saturated heterocycles. The van der Waals surface area contributed by atoms with Gasteiger partial charge in [0.25, 0.3) is 0 Å². The largest absolute Gasteiger partial charge is 0.493 e. The quantitative estimate of drug-likeness (QED) is 0.834. The fraction of sp³-hybridized carbons (Fsp3) is 0.600. The molecule has 0 spiro atoms. The Labute approximate surface area is 110 Å². The number of hydrogen-bond acceptors (Lipinski definition) is 3. The summed E-state index contributed by atoms with van der Waals surface area (Å²) in [6, 6.07) is 7.09. The molecule has 1 heterocycles. The summed E-state index contributed by atoms with van der Waals surface area (Å²) in [6.45, 7) is 5.17.